The lowest BCUT2D eigenvalue weighted by Crippen LogP contribution is -1.82. The van der Waals surface area contributed by atoms with E-state index in [9.17, 15) is 0 Å². The van der Waals surface area contributed by atoms with Gasteiger partial charge in [0.05, 0.1) is 41.0 Å². The van der Waals surface area contributed by atoms with Crippen molar-refractivity contribution >= 4 is 33.1 Å². The average Bonchev–Trinajstić information content (AvgIpc) is 3.53. The number of hydrogen-bond donors (Lipinski definition) is 3. The molecule has 0 unspecified atom stereocenters. The van der Waals surface area contributed by atoms with E-state index < -0.39 is 0 Å². The van der Waals surface area contributed by atoms with Gasteiger partial charge in [-0.2, -0.15) is 21.5 Å². The highest BCUT2D eigenvalue weighted by Crippen LogP contribution is 2.34. The lowest BCUT2D eigenvalue weighted by molar-refractivity contribution is 1.09. The molecular formula is C20H13N7S. The fourth-order valence-electron chi connectivity index (χ4n) is 3.50. The Morgan fingerprint density at radius 1 is 0.929 bits per heavy atom. The van der Waals surface area contributed by atoms with E-state index >= 15 is 0 Å². The number of nitrogens with one attached hydrogen (secondary N) is 3. The SMILES string of the molecule is c1cc(-c2cncc3[nH]c(-c4n[nH]c5cnc(-c6cn[nH]c6)cc45)cc23)cs1. The van der Waals surface area contributed by atoms with Crippen molar-refractivity contribution in [2.75, 3.05) is 0 Å². The molecule has 6 heterocycles. The fourth-order valence-corrected chi connectivity index (χ4v) is 4.15. The van der Waals surface area contributed by atoms with Gasteiger partial charge in [-0.15, -0.1) is 0 Å². The third-order valence-electron chi connectivity index (χ3n) is 4.87. The van der Waals surface area contributed by atoms with Crippen molar-refractivity contribution in [3.8, 4) is 33.8 Å². The molecule has 0 saturated carbocycles. The molecule has 8 heteroatoms. The molecule has 0 aromatic carbocycles. The molecule has 134 valence electrons. The maximum absolute atomic E-state index is 4.54. The van der Waals surface area contributed by atoms with Crippen LogP contribution in [-0.4, -0.2) is 35.3 Å². The minimum Gasteiger partial charge on any atom is -0.352 e. The summed E-state index contributed by atoms with van der Waals surface area (Å²) in [5.41, 5.74) is 7.74. The van der Waals surface area contributed by atoms with Gasteiger partial charge in [0.1, 0.15) is 5.69 Å². The first kappa shape index (κ1) is 15.3. The Morgan fingerprint density at radius 2 is 1.93 bits per heavy atom. The number of aromatic amines is 3. The molecule has 6 aromatic rings. The van der Waals surface area contributed by atoms with Gasteiger partial charge >= 0.3 is 0 Å². The Balaban J connectivity index is 1.55. The van der Waals surface area contributed by atoms with Crippen LogP contribution in [0.5, 0.6) is 0 Å². The zero-order valence-electron chi connectivity index (χ0n) is 14.5. The highest BCUT2D eigenvalue weighted by atomic mass is 32.1. The summed E-state index contributed by atoms with van der Waals surface area (Å²) in [5.74, 6) is 0. The van der Waals surface area contributed by atoms with E-state index in [0.29, 0.717) is 0 Å². The molecule has 0 atom stereocenters. The third kappa shape index (κ3) is 2.28. The van der Waals surface area contributed by atoms with Gasteiger partial charge in [0.15, 0.2) is 0 Å². The zero-order chi connectivity index (χ0) is 18.5. The van der Waals surface area contributed by atoms with Crippen LogP contribution in [-0.2, 0) is 0 Å². The molecule has 3 N–H and O–H groups in total. The molecule has 7 nitrogen and oxygen atoms in total. The van der Waals surface area contributed by atoms with Crippen molar-refractivity contribution in [1.82, 2.24) is 35.3 Å². The zero-order valence-corrected chi connectivity index (χ0v) is 15.3. The Bertz CT molecular complexity index is 1410. The van der Waals surface area contributed by atoms with Gasteiger partial charge in [-0.05, 0) is 34.5 Å². The maximum atomic E-state index is 4.54. The Labute approximate surface area is 162 Å². The predicted molar refractivity (Wildman–Crippen MR) is 110 cm³/mol. The first-order chi connectivity index (χ1) is 13.9. The molecule has 0 spiro atoms. The maximum Gasteiger partial charge on any atom is 0.116 e. The first-order valence-corrected chi connectivity index (χ1v) is 9.64. The lowest BCUT2D eigenvalue weighted by Gasteiger charge is -1.98. The van der Waals surface area contributed by atoms with Gasteiger partial charge in [-0.3, -0.25) is 20.2 Å². The highest BCUT2D eigenvalue weighted by Gasteiger charge is 2.15. The van der Waals surface area contributed by atoms with Crippen LogP contribution < -0.4 is 0 Å². The molecule has 0 aliphatic rings. The van der Waals surface area contributed by atoms with Crippen molar-refractivity contribution in [1.29, 1.82) is 0 Å². The second-order valence-electron chi connectivity index (χ2n) is 6.52. The summed E-state index contributed by atoms with van der Waals surface area (Å²) >= 11 is 1.68. The van der Waals surface area contributed by atoms with Gasteiger partial charge < -0.3 is 4.98 Å². The predicted octanol–water partition coefficient (Wildman–Crippen LogP) is 4.62. The molecule has 6 aromatic heterocycles. The van der Waals surface area contributed by atoms with Crippen LogP contribution in [0.25, 0.3) is 55.6 Å². The summed E-state index contributed by atoms with van der Waals surface area (Å²) < 4.78 is 0. The van der Waals surface area contributed by atoms with Crippen molar-refractivity contribution in [2.24, 2.45) is 0 Å². The number of nitrogens with zero attached hydrogens (tertiary/aromatic N) is 4. The van der Waals surface area contributed by atoms with E-state index in [0.717, 1.165) is 50.0 Å². The van der Waals surface area contributed by atoms with Crippen LogP contribution in [0.15, 0.2) is 59.9 Å². The molecule has 0 aliphatic carbocycles. The summed E-state index contributed by atoms with van der Waals surface area (Å²) in [7, 11) is 0. The Morgan fingerprint density at radius 3 is 2.79 bits per heavy atom. The van der Waals surface area contributed by atoms with E-state index in [4.69, 9.17) is 0 Å². The number of aromatic nitrogens is 7. The second-order valence-corrected chi connectivity index (χ2v) is 7.30. The van der Waals surface area contributed by atoms with Gasteiger partial charge in [-0.1, -0.05) is 0 Å². The molecular weight excluding hydrogens is 370 g/mol. The second kappa shape index (κ2) is 5.86. The van der Waals surface area contributed by atoms with Crippen molar-refractivity contribution in [3.63, 3.8) is 0 Å². The van der Waals surface area contributed by atoms with Crippen LogP contribution in [0.2, 0.25) is 0 Å². The summed E-state index contributed by atoms with van der Waals surface area (Å²) in [4.78, 5) is 12.4. The number of rotatable bonds is 3. The summed E-state index contributed by atoms with van der Waals surface area (Å²) in [6.45, 7) is 0. The normalized spacial score (nSPS) is 11.6. The van der Waals surface area contributed by atoms with Gasteiger partial charge in [-0.25, -0.2) is 0 Å². The monoisotopic (exact) mass is 383 g/mol. The van der Waals surface area contributed by atoms with E-state index in [1.54, 1.807) is 23.7 Å². The van der Waals surface area contributed by atoms with E-state index in [1.807, 2.05) is 24.7 Å². The van der Waals surface area contributed by atoms with Gasteiger partial charge in [0.25, 0.3) is 0 Å². The summed E-state index contributed by atoms with van der Waals surface area (Å²) in [6, 6.07) is 6.28. The quantitative estimate of drug-likeness (QED) is 0.415. The number of H-pyrrole nitrogens is 3. The average molecular weight is 383 g/mol. The van der Waals surface area contributed by atoms with Gasteiger partial charge in [0, 0.05) is 34.3 Å². The van der Waals surface area contributed by atoms with Crippen LogP contribution >= 0.6 is 11.3 Å². The highest BCUT2D eigenvalue weighted by molar-refractivity contribution is 7.08. The fraction of sp³-hybridized carbons (Fsp3) is 0. The Hall–Kier alpha value is -3.78. The van der Waals surface area contributed by atoms with Crippen molar-refractivity contribution in [3.05, 3.63) is 59.9 Å². The summed E-state index contributed by atoms with van der Waals surface area (Å²) in [5, 5.41) is 20.8. The van der Waals surface area contributed by atoms with Crippen molar-refractivity contribution in [2.45, 2.75) is 0 Å². The number of fused-ring (bicyclic) bond motifs is 2. The van der Waals surface area contributed by atoms with Crippen LogP contribution in [0.4, 0.5) is 0 Å². The van der Waals surface area contributed by atoms with Gasteiger partial charge in [0.2, 0.25) is 0 Å². The standard InChI is InChI=1S/C20H13N7S/c1-2-28-10-11(1)15-7-21-8-18-13(15)3-17(25-18)20-14-4-16(12-5-23-24-6-12)22-9-19(14)26-27-20/h1-10,25H,(H,23,24)(H,26,27). The molecule has 0 bridgehead atoms. The Kier molecular flexibility index (Phi) is 3.20. The number of hydrogen-bond acceptors (Lipinski definition) is 5. The molecule has 28 heavy (non-hydrogen) atoms. The van der Waals surface area contributed by atoms with E-state index in [1.165, 1.54) is 5.56 Å². The van der Waals surface area contributed by atoms with Crippen LogP contribution in [0, 0.1) is 0 Å². The van der Waals surface area contributed by atoms with Crippen LogP contribution in [0.1, 0.15) is 0 Å². The molecule has 0 amide bonds. The molecule has 6 rings (SSSR count). The van der Waals surface area contributed by atoms with Crippen molar-refractivity contribution < 1.29 is 0 Å². The van der Waals surface area contributed by atoms with E-state index in [-0.39, 0.29) is 0 Å². The minimum absolute atomic E-state index is 0.848. The lowest BCUT2D eigenvalue weighted by atomic mass is 10.1. The van der Waals surface area contributed by atoms with Crippen LogP contribution in [0.3, 0.4) is 0 Å². The summed E-state index contributed by atoms with van der Waals surface area (Å²) in [6.07, 6.45) is 9.15. The first-order valence-electron chi connectivity index (χ1n) is 8.70. The molecule has 0 aliphatic heterocycles. The molecule has 0 saturated heterocycles. The number of pyridine rings is 2. The number of thiophene rings is 1. The van der Waals surface area contributed by atoms with E-state index in [2.05, 4.69) is 58.2 Å². The molecule has 0 fully saturated rings. The largest absolute Gasteiger partial charge is 0.352 e. The smallest absolute Gasteiger partial charge is 0.116 e. The minimum atomic E-state index is 0.848. The third-order valence-corrected chi connectivity index (χ3v) is 5.56. The topological polar surface area (TPSA) is 98.9 Å². The molecule has 0 radical (unpaired) electrons.